The number of hydrogen-bond donors (Lipinski definition) is 0. The summed E-state index contributed by atoms with van der Waals surface area (Å²) in [6.45, 7) is 1.51. The molecule has 72 valence electrons. The second-order valence-corrected chi connectivity index (χ2v) is 3.12. The number of rotatable bonds is 2. The fraction of sp³-hybridized carbons (Fsp3) is 0.200. The first-order valence-corrected chi connectivity index (χ1v) is 4.42. The van der Waals surface area contributed by atoms with E-state index < -0.39 is 0 Å². The Balaban J connectivity index is 2.36. The van der Waals surface area contributed by atoms with Gasteiger partial charge in [0.2, 0.25) is 0 Å². The predicted octanol–water partition coefficient (Wildman–Crippen LogP) is 1.97. The van der Waals surface area contributed by atoms with Crippen molar-refractivity contribution in [2.24, 2.45) is 0 Å². The van der Waals surface area contributed by atoms with E-state index in [4.69, 9.17) is 0 Å². The summed E-state index contributed by atoms with van der Waals surface area (Å²) in [5, 5.41) is 10.7. The van der Waals surface area contributed by atoms with E-state index >= 15 is 0 Å². The van der Waals surface area contributed by atoms with Crippen LogP contribution in [0.3, 0.4) is 0 Å². The molecule has 1 aromatic rings. The third kappa shape index (κ3) is 1.46. The summed E-state index contributed by atoms with van der Waals surface area (Å²) in [5.74, 6) is 0. The van der Waals surface area contributed by atoms with Crippen LogP contribution in [-0.2, 0) is 0 Å². The molecule has 4 heteroatoms. The molecule has 0 amide bonds. The van der Waals surface area contributed by atoms with Gasteiger partial charge in [-0.25, -0.2) is 0 Å². The zero-order valence-corrected chi connectivity index (χ0v) is 7.59. The van der Waals surface area contributed by atoms with E-state index in [1.807, 2.05) is 23.1 Å². The van der Waals surface area contributed by atoms with Gasteiger partial charge < -0.3 is 4.90 Å². The molecule has 0 saturated heterocycles. The minimum absolute atomic E-state index is 0.177. The number of benzene rings is 1. The lowest BCUT2D eigenvalue weighted by Crippen LogP contribution is -2.19. The Morgan fingerprint density at radius 3 is 2.50 bits per heavy atom. The van der Waals surface area contributed by atoms with Gasteiger partial charge in [0.25, 0.3) is 5.69 Å². The van der Waals surface area contributed by atoms with Crippen molar-refractivity contribution < 1.29 is 4.92 Å². The lowest BCUT2D eigenvalue weighted by atomic mass is 10.2. The topological polar surface area (TPSA) is 46.4 Å². The lowest BCUT2D eigenvalue weighted by molar-refractivity contribution is -0.384. The van der Waals surface area contributed by atoms with Crippen molar-refractivity contribution in [1.29, 1.82) is 0 Å². The summed E-state index contributed by atoms with van der Waals surface area (Å²) in [4.78, 5) is 12.4. The van der Waals surface area contributed by atoms with Crippen LogP contribution >= 0.6 is 0 Å². The normalized spacial score (nSPS) is 14.7. The van der Waals surface area contributed by atoms with E-state index in [9.17, 15) is 10.1 Å². The molecule has 1 aliphatic heterocycles. The van der Waals surface area contributed by atoms with Crippen LogP contribution in [0, 0.1) is 10.1 Å². The van der Waals surface area contributed by atoms with Crippen molar-refractivity contribution >= 4 is 11.4 Å². The highest BCUT2D eigenvalue weighted by molar-refractivity contribution is 5.64. The fourth-order valence-corrected chi connectivity index (χ4v) is 1.56. The summed E-state index contributed by atoms with van der Waals surface area (Å²) < 4.78 is 0. The van der Waals surface area contributed by atoms with Gasteiger partial charge in [0, 0.05) is 19.2 Å². The summed E-state index contributed by atoms with van der Waals surface area (Å²) in [5.41, 5.74) is 0.874. The highest BCUT2D eigenvalue weighted by Crippen LogP contribution is 2.28. The molecule has 0 saturated carbocycles. The Hall–Kier alpha value is -1.84. The average Bonchev–Trinajstić information content (AvgIpc) is 2.70. The molecule has 0 unspecified atom stereocenters. The molecule has 4 nitrogen and oxygen atoms in total. The van der Waals surface area contributed by atoms with Crippen LogP contribution in [0.25, 0.3) is 0 Å². The predicted molar refractivity (Wildman–Crippen MR) is 54.4 cm³/mol. The highest BCUT2D eigenvalue weighted by atomic mass is 16.6. The first kappa shape index (κ1) is 8.74. The third-order valence-electron chi connectivity index (χ3n) is 2.24. The summed E-state index contributed by atoms with van der Waals surface area (Å²) in [6.07, 6.45) is 4.02. The number of nitro benzene ring substituents is 1. The zero-order chi connectivity index (χ0) is 9.97. The molecule has 0 fully saturated rings. The van der Waals surface area contributed by atoms with Crippen molar-refractivity contribution in [3.63, 3.8) is 0 Å². The molecular formula is C10H10N2O2. The average molecular weight is 190 g/mol. The fourth-order valence-electron chi connectivity index (χ4n) is 1.56. The maximum absolute atomic E-state index is 10.7. The van der Waals surface area contributed by atoms with Crippen molar-refractivity contribution in [3.8, 4) is 0 Å². The van der Waals surface area contributed by atoms with E-state index in [1.165, 1.54) is 6.07 Å². The van der Waals surface area contributed by atoms with Crippen LogP contribution in [0.5, 0.6) is 0 Å². The Morgan fingerprint density at radius 1 is 1.21 bits per heavy atom. The maximum atomic E-state index is 10.7. The summed E-state index contributed by atoms with van der Waals surface area (Å²) in [6, 6.07) is 6.82. The quantitative estimate of drug-likeness (QED) is 0.407. The minimum Gasteiger partial charge on any atom is -0.359 e. The van der Waals surface area contributed by atoms with Crippen LogP contribution in [0.1, 0.15) is 0 Å². The van der Waals surface area contributed by atoms with Crippen LogP contribution in [-0.4, -0.2) is 18.0 Å². The number of anilines is 1. The van der Waals surface area contributed by atoms with Crippen molar-refractivity contribution in [2.75, 3.05) is 18.0 Å². The molecule has 0 aliphatic carbocycles. The number of hydrogen-bond acceptors (Lipinski definition) is 3. The second kappa shape index (κ2) is 3.49. The lowest BCUT2D eigenvalue weighted by Gasteiger charge is -2.16. The van der Waals surface area contributed by atoms with Gasteiger partial charge in [-0.2, -0.15) is 0 Å². The van der Waals surface area contributed by atoms with Gasteiger partial charge in [0.15, 0.2) is 0 Å². The Kier molecular flexibility index (Phi) is 2.18. The summed E-state index contributed by atoms with van der Waals surface area (Å²) in [7, 11) is 0. The first-order valence-electron chi connectivity index (χ1n) is 4.42. The van der Waals surface area contributed by atoms with Crippen LogP contribution in [0.2, 0.25) is 0 Å². The molecule has 0 atom stereocenters. The molecule has 0 radical (unpaired) electrons. The van der Waals surface area contributed by atoms with Gasteiger partial charge >= 0.3 is 0 Å². The van der Waals surface area contributed by atoms with E-state index in [2.05, 4.69) is 0 Å². The number of nitrogens with zero attached hydrogens (tertiary/aromatic N) is 2. The summed E-state index contributed by atoms with van der Waals surface area (Å²) >= 11 is 0. The molecular weight excluding hydrogens is 180 g/mol. The minimum atomic E-state index is -0.340. The monoisotopic (exact) mass is 190 g/mol. The maximum Gasteiger partial charge on any atom is 0.292 e. The van der Waals surface area contributed by atoms with E-state index in [0.29, 0.717) is 5.69 Å². The third-order valence-corrected chi connectivity index (χ3v) is 2.24. The molecule has 14 heavy (non-hydrogen) atoms. The number of para-hydroxylation sites is 2. The van der Waals surface area contributed by atoms with Crippen LogP contribution in [0.4, 0.5) is 11.4 Å². The molecule has 0 spiro atoms. The Bertz CT molecular complexity index is 379. The van der Waals surface area contributed by atoms with Gasteiger partial charge in [-0.3, -0.25) is 10.1 Å². The molecule has 0 N–H and O–H groups in total. The first-order chi connectivity index (χ1) is 6.79. The van der Waals surface area contributed by atoms with Crippen LogP contribution in [0.15, 0.2) is 36.4 Å². The Labute approximate surface area is 81.6 Å². The molecule has 0 bridgehead atoms. The largest absolute Gasteiger partial charge is 0.359 e. The Morgan fingerprint density at radius 2 is 1.86 bits per heavy atom. The molecule has 1 aliphatic rings. The van der Waals surface area contributed by atoms with Crippen LogP contribution < -0.4 is 4.90 Å². The van der Waals surface area contributed by atoms with E-state index in [0.717, 1.165) is 13.1 Å². The standard InChI is InChI=1S/C10H10N2O2/c13-12(14)10-6-2-1-5-9(10)11-7-3-4-8-11/h1-6H,7-8H2. The zero-order valence-electron chi connectivity index (χ0n) is 7.59. The smallest absolute Gasteiger partial charge is 0.292 e. The van der Waals surface area contributed by atoms with Crippen molar-refractivity contribution in [1.82, 2.24) is 0 Å². The SMILES string of the molecule is O=[N+]([O-])c1ccccc1N1CC=CC1. The highest BCUT2D eigenvalue weighted by Gasteiger charge is 2.18. The van der Waals surface area contributed by atoms with E-state index in [-0.39, 0.29) is 10.6 Å². The molecule has 0 aromatic heterocycles. The van der Waals surface area contributed by atoms with Crippen molar-refractivity contribution in [2.45, 2.75) is 0 Å². The second-order valence-electron chi connectivity index (χ2n) is 3.12. The molecule has 1 heterocycles. The van der Waals surface area contributed by atoms with Gasteiger partial charge in [0.1, 0.15) is 5.69 Å². The van der Waals surface area contributed by atoms with Crippen molar-refractivity contribution in [3.05, 3.63) is 46.5 Å². The van der Waals surface area contributed by atoms with Gasteiger partial charge in [-0.05, 0) is 6.07 Å². The van der Waals surface area contributed by atoms with Gasteiger partial charge in [-0.15, -0.1) is 0 Å². The molecule has 2 rings (SSSR count). The van der Waals surface area contributed by atoms with Gasteiger partial charge in [-0.1, -0.05) is 24.3 Å². The van der Waals surface area contributed by atoms with Gasteiger partial charge in [0.05, 0.1) is 4.92 Å². The number of nitro groups is 1. The molecule has 1 aromatic carbocycles. The van der Waals surface area contributed by atoms with E-state index in [1.54, 1.807) is 12.1 Å².